The number of carbonyl (C=O) groups is 1. The number of aliphatic hydroxyl groups is 1. The number of hydrogen-bond donors (Lipinski definition) is 1. The molecule has 0 spiro atoms. The number of fused-ring (bicyclic) bond motifs is 1. The number of unbranched alkanes of at least 4 members (excludes halogenated alkanes) is 1. The van der Waals surface area contributed by atoms with Crippen LogP contribution in [0.4, 0.5) is 0 Å². The second kappa shape index (κ2) is 7.22. The molecule has 1 aromatic carbocycles. The first-order valence-corrected chi connectivity index (χ1v) is 7.54. The summed E-state index contributed by atoms with van der Waals surface area (Å²) in [6, 6.07) is 7.64. The minimum Gasteiger partial charge on any atom is -0.388 e. The van der Waals surface area contributed by atoms with Crippen molar-refractivity contribution in [2.45, 2.75) is 39.8 Å². The molecule has 0 aliphatic carbocycles. The van der Waals surface area contributed by atoms with E-state index in [0.29, 0.717) is 12.4 Å². The molecule has 5 heteroatoms. The minimum atomic E-state index is -0.164. The zero-order chi connectivity index (χ0) is 15.2. The van der Waals surface area contributed by atoms with Crippen LogP contribution in [0.5, 0.6) is 0 Å². The van der Waals surface area contributed by atoms with Crippen molar-refractivity contribution in [1.82, 2.24) is 14.5 Å². The van der Waals surface area contributed by atoms with Gasteiger partial charge in [-0.05, 0) is 25.5 Å². The number of amides is 1. The van der Waals surface area contributed by atoms with Gasteiger partial charge in [0.05, 0.1) is 11.0 Å². The highest BCUT2D eigenvalue weighted by molar-refractivity contribution is 5.81. The summed E-state index contributed by atoms with van der Waals surface area (Å²) < 4.78 is 1.81. The van der Waals surface area contributed by atoms with E-state index in [-0.39, 0.29) is 19.1 Å². The van der Waals surface area contributed by atoms with Crippen LogP contribution in [0.25, 0.3) is 11.0 Å². The van der Waals surface area contributed by atoms with E-state index in [1.165, 1.54) is 0 Å². The van der Waals surface area contributed by atoms with Crippen molar-refractivity contribution in [1.29, 1.82) is 0 Å². The van der Waals surface area contributed by atoms with Crippen LogP contribution in [-0.4, -0.2) is 38.6 Å². The second-order valence-corrected chi connectivity index (χ2v) is 5.09. The summed E-state index contributed by atoms with van der Waals surface area (Å²) in [5, 5.41) is 9.46. The molecule has 1 heterocycles. The predicted octanol–water partition coefficient (Wildman–Crippen LogP) is 2.18. The second-order valence-electron chi connectivity index (χ2n) is 5.09. The fraction of sp³-hybridized carbons (Fsp3) is 0.500. The first-order chi connectivity index (χ1) is 10.2. The molecule has 0 saturated carbocycles. The van der Waals surface area contributed by atoms with Crippen molar-refractivity contribution < 1.29 is 9.90 Å². The maximum Gasteiger partial charge on any atom is 0.242 e. The van der Waals surface area contributed by atoms with E-state index in [2.05, 4.69) is 11.9 Å². The Bertz CT molecular complexity index is 607. The molecule has 2 rings (SSSR count). The van der Waals surface area contributed by atoms with Crippen LogP contribution in [0, 0.1) is 0 Å². The zero-order valence-electron chi connectivity index (χ0n) is 12.7. The molecule has 1 aromatic heterocycles. The lowest BCUT2D eigenvalue weighted by Crippen LogP contribution is -2.34. The number of imidazole rings is 1. The Morgan fingerprint density at radius 2 is 2.10 bits per heavy atom. The molecule has 21 heavy (non-hydrogen) atoms. The predicted molar refractivity (Wildman–Crippen MR) is 82.8 cm³/mol. The van der Waals surface area contributed by atoms with Gasteiger partial charge in [-0.25, -0.2) is 4.98 Å². The number of rotatable bonds is 7. The number of hydrogen-bond acceptors (Lipinski definition) is 3. The van der Waals surface area contributed by atoms with Gasteiger partial charge in [0, 0.05) is 13.1 Å². The molecule has 1 amide bonds. The van der Waals surface area contributed by atoms with E-state index < -0.39 is 0 Å². The molecule has 1 N–H and O–H groups in total. The molecule has 5 nitrogen and oxygen atoms in total. The molecule has 0 aliphatic heterocycles. The van der Waals surface area contributed by atoms with Crippen LogP contribution < -0.4 is 0 Å². The summed E-state index contributed by atoms with van der Waals surface area (Å²) in [4.78, 5) is 18.7. The molecule has 114 valence electrons. The maximum absolute atomic E-state index is 12.5. The van der Waals surface area contributed by atoms with Crippen LogP contribution in [0.3, 0.4) is 0 Å². The summed E-state index contributed by atoms with van der Waals surface area (Å²) in [5.74, 6) is 0.611. The van der Waals surface area contributed by atoms with Crippen molar-refractivity contribution in [3.8, 4) is 0 Å². The van der Waals surface area contributed by atoms with Gasteiger partial charge < -0.3 is 14.6 Å². The van der Waals surface area contributed by atoms with E-state index in [4.69, 9.17) is 0 Å². The lowest BCUT2D eigenvalue weighted by Gasteiger charge is -2.21. The quantitative estimate of drug-likeness (QED) is 0.850. The Hall–Kier alpha value is -1.88. The van der Waals surface area contributed by atoms with E-state index >= 15 is 0 Å². The summed E-state index contributed by atoms with van der Waals surface area (Å²) in [5.41, 5.74) is 1.70. The zero-order valence-corrected chi connectivity index (χ0v) is 12.7. The smallest absolute Gasteiger partial charge is 0.242 e. The van der Waals surface area contributed by atoms with Gasteiger partial charge in [0.2, 0.25) is 5.91 Å². The average Bonchev–Trinajstić information content (AvgIpc) is 2.86. The summed E-state index contributed by atoms with van der Waals surface area (Å²) in [6.45, 7) is 5.67. The number of aliphatic hydroxyl groups excluding tert-OH is 1. The summed E-state index contributed by atoms with van der Waals surface area (Å²) in [7, 11) is 0. The normalized spacial score (nSPS) is 11.0. The Balaban J connectivity index is 2.23. The van der Waals surface area contributed by atoms with E-state index in [1.54, 1.807) is 0 Å². The minimum absolute atomic E-state index is 0.0730. The monoisotopic (exact) mass is 289 g/mol. The molecule has 0 saturated heterocycles. The molecule has 0 atom stereocenters. The highest BCUT2D eigenvalue weighted by atomic mass is 16.3. The summed E-state index contributed by atoms with van der Waals surface area (Å²) in [6.07, 6.45) is 2.08. The van der Waals surface area contributed by atoms with Crippen LogP contribution in [0.1, 0.15) is 32.5 Å². The highest BCUT2D eigenvalue weighted by Gasteiger charge is 2.16. The van der Waals surface area contributed by atoms with Gasteiger partial charge in [-0.2, -0.15) is 0 Å². The third kappa shape index (κ3) is 3.42. The fourth-order valence-corrected chi connectivity index (χ4v) is 2.47. The maximum atomic E-state index is 12.5. The highest BCUT2D eigenvalue weighted by Crippen LogP contribution is 2.16. The van der Waals surface area contributed by atoms with Crippen molar-refractivity contribution in [2.24, 2.45) is 0 Å². The third-order valence-corrected chi connectivity index (χ3v) is 3.68. The van der Waals surface area contributed by atoms with Gasteiger partial charge >= 0.3 is 0 Å². The standard InChI is InChI=1S/C16H23N3O2/c1-3-5-10-18(4-2)16(21)11-19-14-9-7-6-8-13(14)17-15(19)12-20/h6-9,20H,3-5,10-12H2,1-2H3. The van der Waals surface area contributed by atoms with Crippen molar-refractivity contribution >= 4 is 16.9 Å². The number of benzene rings is 1. The van der Waals surface area contributed by atoms with Gasteiger partial charge in [-0.1, -0.05) is 25.5 Å². The van der Waals surface area contributed by atoms with Crippen LogP contribution in [0.2, 0.25) is 0 Å². The van der Waals surface area contributed by atoms with Crippen molar-refractivity contribution in [3.05, 3.63) is 30.1 Å². The van der Waals surface area contributed by atoms with Crippen molar-refractivity contribution in [3.63, 3.8) is 0 Å². The first-order valence-electron chi connectivity index (χ1n) is 7.54. The first kappa shape index (κ1) is 15.5. The molecule has 0 bridgehead atoms. The molecule has 0 radical (unpaired) electrons. The Morgan fingerprint density at radius 3 is 2.76 bits per heavy atom. The Labute approximate surface area is 125 Å². The Kier molecular flexibility index (Phi) is 5.33. The summed E-state index contributed by atoms with van der Waals surface area (Å²) >= 11 is 0. The number of aromatic nitrogens is 2. The van der Waals surface area contributed by atoms with Crippen LogP contribution >= 0.6 is 0 Å². The van der Waals surface area contributed by atoms with Gasteiger partial charge in [-0.15, -0.1) is 0 Å². The molecule has 0 fully saturated rings. The largest absolute Gasteiger partial charge is 0.388 e. The molecule has 0 aliphatic rings. The van der Waals surface area contributed by atoms with E-state index in [1.807, 2.05) is 40.7 Å². The number of nitrogens with zero attached hydrogens (tertiary/aromatic N) is 3. The van der Waals surface area contributed by atoms with Gasteiger partial charge in [0.25, 0.3) is 0 Å². The number of likely N-dealkylation sites (N-methyl/N-ethyl adjacent to an activating group) is 1. The van der Waals surface area contributed by atoms with Gasteiger partial charge in [0.1, 0.15) is 19.0 Å². The topological polar surface area (TPSA) is 58.4 Å². The van der Waals surface area contributed by atoms with Crippen molar-refractivity contribution in [2.75, 3.05) is 13.1 Å². The Morgan fingerprint density at radius 1 is 1.33 bits per heavy atom. The van der Waals surface area contributed by atoms with E-state index in [9.17, 15) is 9.90 Å². The lowest BCUT2D eigenvalue weighted by atomic mass is 10.3. The third-order valence-electron chi connectivity index (χ3n) is 3.68. The lowest BCUT2D eigenvalue weighted by molar-refractivity contribution is -0.131. The van der Waals surface area contributed by atoms with E-state index in [0.717, 1.165) is 30.4 Å². The average molecular weight is 289 g/mol. The number of para-hydroxylation sites is 2. The van der Waals surface area contributed by atoms with Crippen LogP contribution in [-0.2, 0) is 17.9 Å². The SMILES string of the molecule is CCCCN(CC)C(=O)Cn1c(CO)nc2ccccc21. The fourth-order valence-electron chi connectivity index (χ4n) is 2.47. The van der Waals surface area contributed by atoms with Crippen LogP contribution in [0.15, 0.2) is 24.3 Å². The van der Waals surface area contributed by atoms with Gasteiger partial charge in [-0.3, -0.25) is 4.79 Å². The van der Waals surface area contributed by atoms with Gasteiger partial charge in [0.15, 0.2) is 0 Å². The molecule has 0 unspecified atom stereocenters. The number of carbonyl (C=O) groups excluding carboxylic acids is 1. The molecular formula is C16H23N3O2. The molecule has 2 aromatic rings. The molecular weight excluding hydrogens is 266 g/mol.